The Morgan fingerprint density at radius 2 is 1.65 bits per heavy atom. The van der Waals surface area contributed by atoms with Gasteiger partial charge in [-0.25, -0.2) is 0 Å². The highest BCUT2D eigenvalue weighted by molar-refractivity contribution is 6.87. The standard InChI is InChI=1S/C28H38O2Si/c1-8-9-19-28(29,20-21-31(6,7)27(2,3)4)26(22-23-13-11-10-12-14-23)24-15-17-25(30-5)18-16-24/h10-18,22,29H,8-9,19H2,1-7H3/b26-22+. The Balaban J connectivity index is 2.68. The summed E-state index contributed by atoms with van der Waals surface area (Å²) in [6.45, 7) is 13.5. The number of hydrogen-bond donors (Lipinski definition) is 1. The molecule has 0 aliphatic heterocycles. The number of methoxy groups -OCH3 is 1. The third-order valence-electron chi connectivity index (χ3n) is 6.31. The van der Waals surface area contributed by atoms with Crippen molar-refractivity contribution in [3.05, 3.63) is 65.7 Å². The highest BCUT2D eigenvalue weighted by Crippen LogP contribution is 2.37. The molecule has 0 bridgehead atoms. The van der Waals surface area contributed by atoms with Crippen molar-refractivity contribution in [2.24, 2.45) is 0 Å². The summed E-state index contributed by atoms with van der Waals surface area (Å²) in [5.41, 5.74) is 5.23. The number of unbranched alkanes of at least 4 members (excludes halogenated alkanes) is 1. The molecule has 2 nitrogen and oxygen atoms in total. The van der Waals surface area contributed by atoms with Crippen molar-refractivity contribution in [1.29, 1.82) is 0 Å². The second kappa shape index (κ2) is 10.4. The number of aliphatic hydroxyl groups is 1. The van der Waals surface area contributed by atoms with Crippen molar-refractivity contribution in [2.45, 2.75) is 70.7 Å². The van der Waals surface area contributed by atoms with Gasteiger partial charge in [-0.05, 0) is 47.2 Å². The fourth-order valence-corrected chi connectivity index (χ4v) is 3.97. The zero-order valence-corrected chi connectivity index (χ0v) is 21.3. The minimum absolute atomic E-state index is 0.134. The van der Waals surface area contributed by atoms with Gasteiger partial charge in [-0.15, -0.1) is 5.54 Å². The topological polar surface area (TPSA) is 29.5 Å². The highest BCUT2D eigenvalue weighted by atomic mass is 28.3. The van der Waals surface area contributed by atoms with Crippen LogP contribution >= 0.6 is 0 Å². The van der Waals surface area contributed by atoms with Crippen LogP contribution in [0.4, 0.5) is 0 Å². The van der Waals surface area contributed by atoms with Gasteiger partial charge in [0.25, 0.3) is 0 Å². The molecule has 2 rings (SSSR count). The first-order valence-corrected chi connectivity index (χ1v) is 14.2. The fourth-order valence-electron chi connectivity index (χ4n) is 3.07. The van der Waals surface area contributed by atoms with Gasteiger partial charge in [0.1, 0.15) is 13.8 Å². The van der Waals surface area contributed by atoms with Crippen molar-refractivity contribution in [2.75, 3.05) is 7.11 Å². The maximum absolute atomic E-state index is 12.0. The van der Waals surface area contributed by atoms with Crippen molar-refractivity contribution in [1.82, 2.24) is 0 Å². The van der Waals surface area contributed by atoms with Crippen LogP contribution in [-0.2, 0) is 0 Å². The van der Waals surface area contributed by atoms with E-state index in [1.807, 2.05) is 42.5 Å². The minimum atomic E-state index is -1.88. The fraction of sp³-hybridized carbons (Fsp3) is 0.429. The van der Waals surface area contributed by atoms with Gasteiger partial charge in [0.2, 0.25) is 0 Å². The molecule has 0 heterocycles. The Kier molecular flexibility index (Phi) is 8.34. The van der Waals surface area contributed by atoms with E-state index in [0.29, 0.717) is 6.42 Å². The summed E-state index contributed by atoms with van der Waals surface area (Å²) < 4.78 is 5.34. The van der Waals surface area contributed by atoms with E-state index in [4.69, 9.17) is 4.74 Å². The van der Waals surface area contributed by atoms with Crippen LogP contribution in [0.1, 0.15) is 58.1 Å². The quantitative estimate of drug-likeness (QED) is 0.283. The SMILES string of the molecule is CCCCC(O)(C#C[Si](C)(C)C(C)(C)C)/C(=C/c1ccccc1)c1ccc(OC)cc1. The summed E-state index contributed by atoms with van der Waals surface area (Å²) in [4.78, 5) is 0. The third kappa shape index (κ3) is 6.60. The molecule has 0 radical (unpaired) electrons. The first-order chi connectivity index (χ1) is 14.5. The van der Waals surface area contributed by atoms with E-state index in [1.165, 1.54) is 0 Å². The van der Waals surface area contributed by atoms with Gasteiger partial charge in [0.05, 0.1) is 7.11 Å². The lowest BCUT2D eigenvalue weighted by molar-refractivity contribution is 0.150. The summed E-state index contributed by atoms with van der Waals surface area (Å²) in [6, 6.07) is 18.1. The Bertz CT molecular complexity index is 925. The van der Waals surface area contributed by atoms with Crippen LogP contribution in [0.3, 0.4) is 0 Å². The molecule has 0 saturated carbocycles. The van der Waals surface area contributed by atoms with Crippen LogP contribution in [0.2, 0.25) is 18.1 Å². The molecule has 3 heteroatoms. The molecule has 1 unspecified atom stereocenters. The predicted molar refractivity (Wildman–Crippen MR) is 137 cm³/mol. The van der Waals surface area contributed by atoms with Crippen molar-refractivity contribution < 1.29 is 9.84 Å². The summed E-state index contributed by atoms with van der Waals surface area (Å²) in [7, 11) is -0.211. The van der Waals surface area contributed by atoms with E-state index in [2.05, 4.69) is 70.5 Å². The Morgan fingerprint density at radius 1 is 1.03 bits per heavy atom. The van der Waals surface area contributed by atoms with Gasteiger partial charge < -0.3 is 9.84 Å². The Hall–Kier alpha value is -2.28. The van der Waals surface area contributed by atoms with E-state index >= 15 is 0 Å². The Labute approximate surface area is 190 Å². The Morgan fingerprint density at radius 3 is 2.16 bits per heavy atom. The molecular formula is C28H38O2Si. The molecule has 0 spiro atoms. The lowest BCUT2D eigenvalue weighted by Crippen LogP contribution is -2.37. The summed E-state index contributed by atoms with van der Waals surface area (Å²) in [5, 5.41) is 12.2. The van der Waals surface area contributed by atoms with Crippen molar-refractivity contribution >= 4 is 19.7 Å². The zero-order valence-electron chi connectivity index (χ0n) is 20.3. The summed E-state index contributed by atoms with van der Waals surface area (Å²) in [5.74, 6) is 4.19. The molecule has 0 aromatic heterocycles. The smallest absolute Gasteiger partial charge is 0.150 e. The van der Waals surface area contributed by atoms with Gasteiger partial charge in [0, 0.05) is 5.57 Å². The maximum Gasteiger partial charge on any atom is 0.150 e. The molecule has 2 aromatic carbocycles. The van der Waals surface area contributed by atoms with Gasteiger partial charge in [0.15, 0.2) is 5.60 Å². The average molecular weight is 435 g/mol. The maximum atomic E-state index is 12.0. The van der Waals surface area contributed by atoms with Crippen LogP contribution in [0, 0.1) is 11.5 Å². The lowest BCUT2D eigenvalue weighted by atomic mass is 9.83. The van der Waals surface area contributed by atoms with Gasteiger partial charge in [-0.3, -0.25) is 0 Å². The minimum Gasteiger partial charge on any atom is -0.497 e. The van der Waals surface area contributed by atoms with Crippen molar-refractivity contribution in [3.63, 3.8) is 0 Å². The number of rotatable bonds is 7. The highest BCUT2D eigenvalue weighted by Gasteiger charge is 2.36. The van der Waals surface area contributed by atoms with Gasteiger partial charge >= 0.3 is 0 Å². The molecule has 166 valence electrons. The van der Waals surface area contributed by atoms with E-state index < -0.39 is 13.7 Å². The van der Waals surface area contributed by atoms with E-state index in [-0.39, 0.29) is 5.04 Å². The van der Waals surface area contributed by atoms with Crippen molar-refractivity contribution in [3.8, 4) is 17.2 Å². The molecule has 0 saturated heterocycles. The van der Waals surface area contributed by atoms with Gasteiger partial charge in [-0.1, -0.05) is 95.6 Å². The molecule has 0 aliphatic rings. The van der Waals surface area contributed by atoms with Crippen LogP contribution in [0.15, 0.2) is 54.6 Å². The molecule has 0 fully saturated rings. The molecule has 1 atom stereocenters. The third-order valence-corrected chi connectivity index (χ3v) is 10.8. The van der Waals surface area contributed by atoms with Crippen LogP contribution in [0.5, 0.6) is 5.75 Å². The number of benzene rings is 2. The molecule has 0 amide bonds. The van der Waals surface area contributed by atoms with Gasteiger partial charge in [-0.2, -0.15) is 0 Å². The molecule has 31 heavy (non-hydrogen) atoms. The normalized spacial score (nSPS) is 14.4. The monoisotopic (exact) mass is 434 g/mol. The number of hydrogen-bond acceptors (Lipinski definition) is 2. The molecule has 0 aliphatic carbocycles. The van der Waals surface area contributed by atoms with Crippen LogP contribution in [-0.4, -0.2) is 25.9 Å². The lowest BCUT2D eigenvalue weighted by Gasteiger charge is -2.33. The van der Waals surface area contributed by atoms with Crippen LogP contribution in [0.25, 0.3) is 11.6 Å². The van der Waals surface area contributed by atoms with Crippen LogP contribution < -0.4 is 4.74 Å². The molecular weight excluding hydrogens is 396 g/mol. The first kappa shape index (κ1) is 25.0. The summed E-state index contributed by atoms with van der Waals surface area (Å²) >= 11 is 0. The molecule has 1 N–H and O–H groups in total. The van der Waals surface area contributed by atoms with E-state index in [1.54, 1.807) is 7.11 Å². The average Bonchev–Trinajstić information content (AvgIpc) is 2.75. The zero-order chi connectivity index (χ0) is 23.1. The second-order valence-corrected chi connectivity index (χ2v) is 14.8. The first-order valence-electron chi connectivity index (χ1n) is 11.2. The summed E-state index contributed by atoms with van der Waals surface area (Å²) in [6.07, 6.45) is 4.60. The molecule has 2 aromatic rings. The predicted octanol–water partition coefficient (Wildman–Crippen LogP) is 7.21. The van der Waals surface area contributed by atoms with E-state index in [9.17, 15) is 5.11 Å². The largest absolute Gasteiger partial charge is 0.497 e. The number of ether oxygens (including phenoxy) is 1. The second-order valence-electron chi connectivity index (χ2n) is 9.79. The van der Waals surface area contributed by atoms with E-state index in [0.717, 1.165) is 35.3 Å².